The molecule has 0 aliphatic heterocycles. The minimum Gasteiger partial charge on any atom is -0.349 e. The topological polar surface area (TPSA) is 76.9 Å². The van der Waals surface area contributed by atoms with E-state index in [1.54, 1.807) is 30.5 Å². The average Bonchev–Trinajstić information content (AvgIpc) is 2.56. The molecule has 1 amide bonds. The second-order valence-corrected chi connectivity index (χ2v) is 5.36. The fourth-order valence-electron chi connectivity index (χ4n) is 2.62. The Bertz CT molecular complexity index is 725. The largest absolute Gasteiger partial charge is 0.349 e. The van der Waals surface area contributed by atoms with Crippen LogP contribution in [0.15, 0.2) is 35.3 Å². The number of carbonyl (C=O) groups excluding carboxylic acids is 1. The number of aryl methyl sites for hydroxylation is 2. The van der Waals surface area contributed by atoms with Crippen molar-refractivity contribution in [3.8, 4) is 0 Å². The van der Waals surface area contributed by atoms with Gasteiger partial charge in [0.2, 0.25) is 0 Å². The van der Waals surface area contributed by atoms with E-state index in [1.807, 2.05) is 0 Å². The van der Waals surface area contributed by atoms with Gasteiger partial charge in [-0.05, 0) is 43.4 Å². The van der Waals surface area contributed by atoms with Crippen molar-refractivity contribution in [1.29, 1.82) is 0 Å². The quantitative estimate of drug-likeness (QED) is 0.911. The molecular formula is C16H18N4O2. The lowest BCUT2D eigenvalue weighted by molar-refractivity contribution is 0.0946. The third-order valence-electron chi connectivity index (χ3n) is 3.78. The summed E-state index contributed by atoms with van der Waals surface area (Å²) in [6.45, 7) is 0.714. The van der Waals surface area contributed by atoms with Crippen LogP contribution in [-0.4, -0.2) is 27.2 Å². The third-order valence-corrected chi connectivity index (χ3v) is 3.78. The molecule has 6 heteroatoms. The third kappa shape index (κ3) is 3.21. The minimum atomic E-state index is -0.244. The Morgan fingerprint density at radius 2 is 2.14 bits per heavy atom. The van der Waals surface area contributed by atoms with Crippen molar-refractivity contribution in [3.63, 3.8) is 0 Å². The standard InChI is InChI=1S/C16H18N4O2/c21-15-11-12-5-1-2-6-13(12)19-20(15)10-9-18-16(22)14-7-3-4-8-17-14/h3-4,7-8,11H,1-2,5-6,9-10H2,(H,18,22). The van der Waals surface area contributed by atoms with Crippen LogP contribution in [0.1, 0.15) is 34.6 Å². The fraction of sp³-hybridized carbons (Fsp3) is 0.375. The number of nitrogens with one attached hydrogen (secondary N) is 1. The summed E-state index contributed by atoms with van der Waals surface area (Å²) in [5.74, 6) is -0.244. The van der Waals surface area contributed by atoms with Crippen LogP contribution in [0.25, 0.3) is 0 Å². The Kier molecular flexibility index (Phi) is 4.27. The molecule has 1 aliphatic rings. The predicted molar refractivity (Wildman–Crippen MR) is 81.7 cm³/mol. The number of fused-ring (bicyclic) bond motifs is 1. The molecule has 0 atom stereocenters. The van der Waals surface area contributed by atoms with Crippen molar-refractivity contribution < 1.29 is 4.79 Å². The van der Waals surface area contributed by atoms with Gasteiger partial charge in [0.1, 0.15) is 5.69 Å². The van der Waals surface area contributed by atoms with Crippen LogP contribution in [0.5, 0.6) is 0 Å². The van der Waals surface area contributed by atoms with Crippen molar-refractivity contribution in [2.24, 2.45) is 0 Å². The summed E-state index contributed by atoms with van der Waals surface area (Å²) in [5.41, 5.74) is 2.35. The summed E-state index contributed by atoms with van der Waals surface area (Å²) in [6.07, 6.45) is 5.68. The Hall–Kier alpha value is -2.50. The van der Waals surface area contributed by atoms with Crippen molar-refractivity contribution in [2.75, 3.05) is 6.54 Å². The normalized spacial score (nSPS) is 13.5. The number of amides is 1. The highest BCUT2D eigenvalue weighted by molar-refractivity contribution is 5.92. The van der Waals surface area contributed by atoms with E-state index in [4.69, 9.17) is 0 Å². The summed E-state index contributed by atoms with van der Waals surface area (Å²) in [6, 6.07) is 6.85. The zero-order chi connectivity index (χ0) is 15.4. The molecule has 2 heterocycles. The second kappa shape index (κ2) is 6.51. The zero-order valence-electron chi connectivity index (χ0n) is 12.3. The number of hydrogen-bond donors (Lipinski definition) is 1. The van der Waals surface area contributed by atoms with E-state index in [-0.39, 0.29) is 11.5 Å². The number of nitrogens with zero attached hydrogens (tertiary/aromatic N) is 3. The number of rotatable bonds is 4. The predicted octanol–water partition coefficient (Wildman–Crippen LogP) is 0.947. The van der Waals surface area contributed by atoms with E-state index in [2.05, 4.69) is 15.4 Å². The van der Waals surface area contributed by atoms with E-state index in [9.17, 15) is 9.59 Å². The maximum atomic E-state index is 12.0. The van der Waals surface area contributed by atoms with Gasteiger partial charge in [-0.25, -0.2) is 4.68 Å². The van der Waals surface area contributed by atoms with Gasteiger partial charge in [0.05, 0.1) is 12.2 Å². The van der Waals surface area contributed by atoms with Crippen LogP contribution in [-0.2, 0) is 19.4 Å². The highest BCUT2D eigenvalue weighted by atomic mass is 16.2. The van der Waals surface area contributed by atoms with Crippen LogP contribution >= 0.6 is 0 Å². The number of aromatic nitrogens is 3. The van der Waals surface area contributed by atoms with Gasteiger partial charge in [-0.1, -0.05) is 6.07 Å². The molecule has 0 spiro atoms. The van der Waals surface area contributed by atoms with E-state index >= 15 is 0 Å². The maximum absolute atomic E-state index is 12.0. The fourth-order valence-corrected chi connectivity index (χ4v) is 2.62. The molecule has 2 aromatic rings. The van der Waals surface area contributed by atoms with Crippen molar-refractivity contribution >= 4 is 5.91 Å². The molecule has 0 saturated heterocycles. The summed E-state index contributed by atoms with van der Waals surface area (Å²) < 4.78 is 1.43. The molecule has 0 aromatic carbocycles. The van der Waals surface area contributed by atoms with Gasteiger partial charge in [-0.3, -0.25) is 14.6 Å². The average molecular weight is 298 g/mol. The summed E-state index contributed by atoms with van der Waals surface area (Å²) in [7, 11) is 0. The molecule has 114 valence electrons. The molecule has 6 nitrogen and oxygen atoms in total. The minimum absolute atomic E-state index is 0.104. The number of pyridine rings is 1. The first-order valence-electron chi connectivity index (χ1n) is 7.53. The summed E-state index contributed by atoms with van der Waals surface area (Å²) >= 11 is 0. The molecule has 0 fully saturated rings. The SMILES string of the molecule is O=C(NCCn1nc2c(cc1=O)CCCC2)c1ccccn1. The van der Waals surface area contributed by atoms with Gasteiger partial charge >= 0.3 is 0 Å². The number of hydrogen-bond acceptors (Lipinski definition) is 4. The van der Waals surface area contributed by atoms with E-state index in [1.165, 1.54) is 4.68 Å². The lowest BCUT2D eigenvalue weighted by Gasteiger charge is -2.15. The highest BCUT2D eigenvalue weighted by Gasteiger charge is 2.13. The first-order valence-corrected chi connectivity index (χ1v) is 7.53. The molecule has 3 rings (SSSR count). The second-order valence-electron chi connectivity index (χ2n) is 5.36. The molecule has 0 radical (unpaired) electrons. The lowest BCUT2D eigenvalue weighted by atomic mass is 9.97. The van der Waals surface area contributed by atoms with E-state index in [0.29, 0.717) is 18.8 Å². The van der Waals surface area contributed by atoms with Gasteiger partial charge < -0.3 is 5.32 Å². The van der Waals surface area contributed by atoms with Crippen LogP contribution in [0, 0.1) is 0 Å². The molecular weight excluding hydrogens is 280 g/mol. The Morgan fingerprint density at radius 1 is 1.27 bits per heavy atom. The van der Waals surface area contributed by atoms with Crippen LogP contribution in [0.4, 0.5) is 0 Å². The van der Waals surface area contributed by atoms with Gasteiger partial charge in [0.15, 0.2) is 0 Å². The summed E-state index contributed by atoms with van der Waals surface area (Å²) in [5, 5.41) is 7.17. The van der Waals surface area contributed by atoms with Gasteiger partial charge in [0, 0.05) is 18.8 Å². The Balaban J connectivity index is 1.62. The monoisotopic (exact) mass is 298 g/mol. The lowest BCUT2D eigenvalue weighted by Crippen LogP contribution is -2.33. The summed E-state index contributed by atoms with van der Waals surface area (Å²) in [4.78, 5) is 27.9. The first-order chi connectivity index (χ1) is 10.7. The molecule has 1 aliphatic carbocycles. The maximum Gasteiger partial charge on any atom is 0.269 e. The molecule has 22 heavy (non-hydrogen) atoms. The highest BCUT2D eigenvalue weighted by Crippen LogP contribution is 2.16. The molecule has 1 N–H and O–H groups in total. The van der Waals surface area contributed by atoms with Crippen molar-refractivity contribution in [2.45, 2.75) is 32.2 Å². The van der Waals surface area contributed by atoms with Crippen LogP contribution in [0.3, 0.4) is 0 Å². The zero-order valence-corrected chi connectivity index (χ0v) is 12.3. The van der Waals surface area contributed by atoms with Crippen molar-refractivity contribution in [1.82, 2.24) is 20.1 Å². The van der Waals surface area contributed by atoms with Crippen LogP contribution in [0.2, 0.25) is 0 Å². The van der Waals surface area contributed by atoms with E-state index < -0.39 is 0 Å². The van der Waals surface area contributed by atoms with E-state index in [0.717, 1.165) is 36.9 Å². The first kappa shape index (κ1) is 14.4. The van der Waals surface area contributed by atoms with Gasteiger partial charge in [-0.15, -0.1) is 0 Å². The molecule has 0 unspecified atom stereocenters. The van der Waals surface area contributed by atoms with Crippen LogP contribution < -0.4 is 10.9 Å². The van der Waals surface area contributed by atoms with Gasteiger partial charge in [0.25, 0.3) is 11.5 Å². The Morgan fingerprint density at radius 3 is 2.95 bits per heavy atom. The van der Waals surface area contributed by atoms with Crippen molar-refractivity contribution in [3.05, 3.63) is 57.8 Å². The Labute approximate surface area is 128 Å². The number of carbonyl (C=O) groups is 1. The molecule has 0 saturated carbocycles. The molecule has 2 aromatic heterocycles. The van der Waals surface area contributed by atoms with Gasteiger partial charge in [-0.2, -0.15) is 5.10 Å². The molecule has 0 bridgehead atoms. The smallest absolute Gasteiger partial charge is 0.269 e.